The Morgan fingerprint density at radius 3 is 2.19 bits per heavy atom. The molecule has 1 aliphatic heterocycles. The van der Waals surface area contributed by atoms with Crippen molar-refractivity contribution in [2.24, 2.45) is 11.7 Å². The van der Waals surface area contributed by atoms with E-state index in [0.717, 1.165) is 12.1 Å². The molecule has 9 heteroatoms. The molecule has 1 aliphatic rings. The highest BCUT2D eigenvalue weighted by Gasteiger charge is 2.32. The fraction of sp³-hybridized carbons (Fsp3) is 0.556. The van der Waals surface area contributed by atoms with Crippen molar-refractivity contribution in [3.05, 3.63) is 35.4 Å². The number of benzene rings is 1. The van der Waals surface area contributed by atoms with Gasteiger partial charge in [-0.25, -0.2) is 0 Å². The normalized spacial score (nSPS) is 16.1. The van der Waals surface area contributed by atoms with Crippen molar-refractivity contribution in [1.29, 1.82) is 0 Å². The first-order valence-electron chi connectivity index (χ1n) is 8.60. The summed E-state index contributed by atoms with van der Waals surface area (Å²) in [5.41, 5.74) is 5.06. The summed E-state index contributed by atoms with van der Waals surface area (Å²) in [4.78, 5) is 27.9. The standard InChI is InChI=1S/C18H24F3N3O2.ClH/c1-12(2)10-15(22)17(26)24-8-6-23(7-9-24)16(25)13-4-3-5-14(11-13)18(19,20)21;/h3-5,11-12,15H,6-10,22H2,1-2H3;1H/t15-;/m0./s1. The van der Waals surface area contributed by atoms with Crippen molar-refractivity contribution >= 4 is 24.2 Å². The highest BCUT2D eigenvalue weighted by molar-refractivity contribution is 5.94. The summed E-state index contributed by atoms with van der Waals surface area (Å²) in [6.07, 6.45) is -3.91. The summed E-state index contributed by atoms with van der Waals surface area (Å²) in [6.45, 7) is 5.17. The minimum atomic E-state index is -4.49. The smallest absolute Gasteiger partial charge is 0.338 e. The summed E-state index contributed by atoms with van der Waals surface area (Å²) in [5.74, 6) is -0.308. The van der Waals surface area contributed by atoms with E-state index >= 15 is 0 Å². The lowest BCUT2D eigenvalue weighted by Crippen LogP contribution is -2.54. The number of nitrogens with zero attached hydrogens (tertiary/aromatic N) is 2. The topological polar surface area (TPSA) is 66.6 Å². The van der Waals surface area contributed by atoms with Crippen LogP contribution in [0.5, 0.6) is 0 Å². The van der Waals surface area contributed by atoms with Gasteiger partial charge in [-0.2, -0.15) is 13.2 Å². The van der Waals surface area contributed by atoms with Crippen LogP contribution >= 0.6 is 12.4 Å². The molecule has 5 nitrogen and oxygen atoms in total. The average molecular weight is 408 g/mol. The molecule has 0 aromatic heterocycles. The molecule has 1 aromatic carbocycles. The van der Waals surface area contributed by atoms with Gasteiger partial charge in [0.2, 0.25) is 5.91 Å². The first-order valence-corrected chi connectivity index (χ1v) is 8.60. The zero-order chi connectivity index (χ0) is 19.5. The Morgan fingerprint density at radius 1 is 1.11 bits per heavy atom. The fourth-order valence-corrected chi connectivity index (χ4v) is 2.98. The van der Waals surface area contributed by atoms with E-state index in [9.17, 15) is 22.8 Å². The third-order valence-electron chi connectivity index (χ3n) is 4.36. The zero-order valence-corrected chi connectivity index (χ0v) is 16.1. The van der Waals surface area contributed by atoms with Gasteiger partial charge < -0.3 is 15.5 Å². The van der Waals surface area contributed by atoms with Gasteiger partial charge in [-0.3, -0.25) is 9.59 Å². The number of hydrogen-bond donors (Lipinski definition) is 1. The molecule has 152 valence electrons. The zero-order valence-electron chi connectivity index (χ0n) is 15.3. The van der Waals surface area contributed by atoms with Gasteiger partial charge in [-0.05, 0) is 30.5 Å². The molecule has 1 heterocycles. The minimum Gasteiger partial charge on any atom is -0.338 e. The van der Waals surface area contributed by atoms with E-state index in [1.165, 1.54) is 17.0 Å². The Kier molecular flexibility index (Phi) is 8.10. The monoisotopic (exact) mass is 407 g/mol. The number of alkyl halides is 3. The third kappa shape index (κ3) is 6.10. The Labute approximate surface area is 163 Å². The Hall–Kier alpha value is -1.80. The van der Waals surface area contributed by atoms with Crippen LogP contribution in [0, 0.1) is 5.92 Å². The summed E-state index contributed by atoms with van der Waals surface area (Å²) in [6, 6.07) is 3.82. The van der Waals surface area contributed by atoms with Crippen LogP contribution < -0.4 is 5.73 Å². The predicted molar refractivity (Wildman–Crippen MR) is 98.6 cm³/mol. The van der Waals surface area contributed by atoms with Crippen molar-refractivity contribution < 1.29 is 22.8 Å². The molecule has 0 spiro atoms. The lowest BCUT2D eigenvalue weighted by Gasteiger charge is -2.36. The number of hydrogen-bond acceptors (Lipinski definition) is 3. The van der Waals surface area contributed by atoms with Crippen molar-refractivity contribution in [2.45, 2.75) is 32.5 Å². The van der Waals surface area contributed by atoms with Gasteiger partial charge in [0.05, 0.1) is 11.6 Å². The van der Waals surface area contributed by atoms with Gasteiger partial charge in [-0.15, -0.1) is 12.4 Å². The van der Waals surface area contributed by atoms with E-state index in [1.807, 2.05) is 13.8 Å². The van der Waals surface area contributed by atoms with Crippen LogP contribution in [-0.2, 0) is 11.0 Å². The second kappa shape index (κ2) is 9.41. The highest BCUT2D eigenvalue weighted by atomic mass is 35.5. The van der Waals surface area contributed by atoms with Crippen molar-refractivity contribution in [2.75, 3.05) is 26.2 Å². The second-order valence-electron chi connectivity index (χ2n) is 6.93. The lowest BCUT2D eigenvalue weighted by atomic mass is 10.0. The number of amides is 2. The molecule has 1 atom stereocenters. The van der Waals surface area contributed by atoms with Gasteiger partial charge in [0.1, 0.15) is 0 Å². The van der Waals surface area contributed by atoms with Crippen LogP contribution in [-0.4, -0.2) is 53.8 Å². The van der Waals surface area contributed by atoms with Crippen molar-refractivity contribution in [3.8, 4) is 0 Å². The first kappa shape index (κ1) is 23.2. The molecule has 0 aliphatic carbocycles. The number of piperazine rings is 1. The number of carbonyl (C=O) groups is 2. The molecular formula is C18H25ClF3N3O2. The Morgan fingerprint density at radius 2 is 1.67 bits per heavy atom. The summed E-state index contributed by atoms with van der Waals surface area (Å²) in [7, 11) is 0. The summed E-state index contributed by atoms with van der Waals surface area (Å²) >= 11 is 0. The van der Waals surface area contributed by atoms with Crippen molar-refractivity contribution in [1.82, 2.24) is 9.80 Å². The van der Waals surface area contributed by atoms with Crippen molar-refractivity contribution in [3.63, 3.8) is 0 Å². The molecule has 2 rings (SSSR count). The molecule has 0 unspecified atom stereocenters. The number of carbonyl (C=O) groups excluding carboxylic acids is 2. The van der Waals surface area contributed by atoms with E-state index < -0.39 is 23.7 Å². The second-order valence-corrected chi connectivity index (χ2v) is 6.93. The van der Waals surface area contributed by atoms with E-state index in [1.54, 1.807) is 4.90 Å². The molecule has 2 amide bonds. The molecule has 27 heavy (non-hydrogen) atoms. The molecule has 0 saturated carbocycles. The maximum atomic E-state index is 12.8. The Bertz CT molecular complexity index is 659. The number of rotatable bonds is 4. The lowest BCUT2D eigenvalue weighted by molar-refractivity contribution is -0.137. The molecule has 1 aromatic rings. The predicted octanol–water partition coefficient (Wildman–Crippen LogP) is 2.79. The van der Waals surface area contributed by atoms with Crippen LogP contribution in [0.1, 0.15) is 36.2 Å². The van der Waals surface area contributed by atoms with Crippen LogP contribution in [0.15, 0.2) is 24.3 Å². The summed E-state index contributed by atoms with van der Waals surface area (Å²) < 4.78 is 38.4. The van der Waals surface area contributed by atoms with Gasteiger partial charge in [0, 0.05) is 31.7 Å². The molecule has 0 bridgehead atoms. The number of halogens is 4. The Balaban J connectivity index is 0.00000364. The fourth-order valence-electron chi connectivity index (χ4n) is 2.98. The van der Waals surface area contributed by atoms with E-state index in [-0.39, 0.29) is 37.0 Å². The van der Waals surface area contributed by atoms with Crippen LogP contribution in [0.2, 0.25) is 0 Å². The van der Waals surface area contributed by atoms with Crippen LogP contribution in [0.3, 0.4) is 0 Å². The molecule has 2 N–H and O–H groups in total. The van der Waals surface area contributed by atoms with E-state index in [2.05, 4.69) is 0 Å². The van der Waals surface area contributed by atoms with Crippen LogP contribution in [0.25, 0.3) is 0 Å². The van der Waals surface area contributed by atoms with Gasteiger partial charge in [0.25, 0.3) is 5.91 Å². The quantitative estimate of drug-likeness (QED) is 0.834. The average Bonchev–Trinajstić information content (AvgIpc) is 2.59. The molecule has 0 radical (unpaired) electrons. The van der Waals surface area contributed by atoms with Gasteiger partial charge in [0.15, 0.2) is 0 Å². The summed E-state index contributed by atoms with van der Waals surface area (Å²) in [5, 5.41) is 0. The largest absolute Gasteiger partial charge is 0.416 e. The molecular weight excluding hydrogens is 383 g/mol. The molecule has 1 fully saturated rings. The number of nitrogens with two attached hydrogens (primary N) is 1. The maximum absolute atomic E-state index is 12.8. The minimum absolute atomic E-state index is 0. The van der Waals surface area contributed by atoms with E-state index in [4.69, 9.17) is 5.73 Å². The van der Waals surface area contributed by atoms with Gasteiger partial charge >= 0.3 is 6.18 Å². The maximum Gasteiger partial charge on any atom is 0.416 e. The first-order chi connectivity index (χ1) is 12.1. The SMILES string of the molecule is CC(C)C[C@H](N)C(=O)N1CCN(C(=O)c2cccc(C(F)(F)F)c2)CC1.Cl. The highest BCUT2D eigenvalue weighted by Crippen LogP contribution is 2.29. The van der Waals surface area contributed by atoms with E-state index in [0.29, 0.717) is 25.4 Å². The van der Waals surface area contributed by atoms with Gasteiger partial charge in [-0.1, -0.05) is 19.9 Å². The third-order valence-corrected chi connectivity index (χ3v) is 4.36. The van der Waals surface area contributed by atoms with Crippen LogP contribution in [0.4, 0.5) is 13.2 Å². The molecule has 1 saturated heterocycles.